The molecule has 1 aromatic heterocycles. The van der Waals surface area contributed by atoms with E-state index >= 15 is 0 Å². The number of methoxy groups -OCH3 is 1. The summed E-state index contributed by atoms with van der Waals surface area (Å²) in [4.78, 5) is 4.19. The summed E-state index contributed by atoms with van der Waals surface area (Å²) in [7, 11) is 1.63. The lowest BCUT2D eigenvalue weighted by molar-refractivity contribution is 0.338. The summed E-state index contributed by atoms with van der Waals surface area (Å²) in [6, 6.07) is 3.99. The van der Waals surface area contributed by atoms with Crippen molar-refractivity contribution in [2.75, 3.05) is 7.11 Å². The smallest absolute Gasteiger partial charge is 0.217 e. The molecule has 0 aliphatic rings. The first-order valence-electron chi connectivity index (χ1n) is 5.69. The van der Waals surface area contributed by atoms with Crippen molar-refractivity contribution < 1.29 is 4.74 Å². The molecule has 0 radical (unpaired) electrons. The molecule has 1 aromatic rings. The second-order valence-corrected chi connectivity index (χ2v) is 4.01. The maximum absolute atomic E-state index is 5.63. The van der Waals surface area contributed by atoms with Gasteiger partial charge in [0.2, 0.25) is 5.88 Å². The predicted octanol–water partition coefficient (Wildman–Crippen LogP) is 2.03. The molecular weight excluding hydrogens is 202 g/mol. The number of nitrogens with zero attached hydrogens (tertiary/aromatic N) is 1. The minimum atomic E-state index is 0.0867. The standard InChI is InChI=1S/C12H21N3O/c1-4-6-9(2)11(15-13)10-7-5-8-14-12(10)16-3/h5,7-9,11,15H,4,6,13H2,1-3H3. The predicted molar refractivity (Wildman–Crippen MR) is 64.9 cm³/mol. The molecule has 90 valence electrons. The van der Waals surface area contributed by atoms with Gasteiger partial charge >= 0.3 is 0 Å². The number of hydrogen-bond donors (Lipinski definition) is 2. The van der Waals surface area contributed by atoms with E-state index in [2.05, 4.69) is 24.3 Å². The van der Waals surface area contributed by atoms with Gasteiger partial charge in [-0.2, -0.15) is 0 Å². The Balaban J connectivity index is 2.93. The molecule has 4 heteroatoms. The van der Waals surface area contributed by atoms with Crippen LogP contribution in [0.25, 0.3) is 0 Å². The Labute approximate surface area is 97.2 Å². The van der Waals surface area contributed by atoms with E-state index in [4.69, 9.17) is 10.6 Å². The Morgan fingerprint density at radius 3 is 2.88 bits per heavy atom. The van der Waals surface area contributed by atoms with E-state index in [0.29, 0.717) is 11.8 Å². The highest BCUT2D eigenvalue weighted by Crippen LogP contribution is 2.29. The maximum atomic E-state index is 5.63. The van der Waals surface area contributed by atoms with Gasteiger partial charge in [0.15, 0.2) is 0 Å². The van der Waals surface area contributed by atoms with Gasteiger partial charge in [-0.25, -0.2) is 4.98 Å². The normalized spacial score (nSPS) is 14.5. The largest absolute Gasteiger partial charge is 0.481 e. The average molecular weight is 223 g/mol. The molecule has 0 aromatic carbocycles. The van der Waals surface area contributed by atoms with E-state index in [1.807, 2.05) is 12.1 Å². The minimum absolute atomic E-state index is 0.0867. The van der Waals surface area contributed by atoms with Crippen molar-refractivity contribution in [3.8, 4) is 5.88 Å². The molecule has 2 unspecified atom stereocenters. The van der Waals surface area contributed by atoms with Crippen LogP contribution in [0.1, 0.15) is 38.3 Å². The Bertz CT molecular complexity index is 317. The minimum Gasteiger partial charge on any atom is -0.481 e. The van der Waals surface area contributed by atoms with Gasteiger partial charge in [-0.3, -0.25) is 11.3 Å². The van der Waals surface area contributed by atoms with Crippen LogP contribution < -0.4 is 16.0 Å². The SMILES string of the molecule is CCCC(C)C(NN)c1cccnc1OC. The number of nitrogens with two attached hydrogens (primary N) is 1. The van der Waals surface area contributed by atoms with E-state index in [1.165, 1.54) is 0 Å². The molecule has 0 saturated heterocycles. The molecule has 0 aliphatic carbocycles. The zero-order chi connectivity index (χ0) is 12.0. The van der Waals surface area contributed by atoms with Crippen LogP contribution in [0.5, 0.6) is 5.88 Å². The fourth-order valence-electron chi connectivity index (χ4n) is 1.99. The van der Waals surface area contributed by atoms with Gasteiger partial charge < -0.3 is 4.74 Å². The monoisotopic (exact) mass is 223 g/mol. The first-order valence-corrected chi connectivity index (χ1v) is 5.69. The van der Waals surface area contributed by atoms with Crippen LogP contribution in [0.15, 0.2) is 18.3 Å². The summed E-state index contributed by atoms with van der Waals surface area (Å²) in [5.74, 6) is 6.72. The highest BCUT2D eigenvalue weighted by molar-refractivity contribution is 5.29. The van der Waals surface area contributed by atoms with Crippen molar-refractivity contribution >= 4 is 0 Å². The summed E-state index contributed by atoms with van der Waals surface area (Å²) in [5.41, 5.74) is 3.88. The number of pyridine rings is 1. The van der Waals surface area contributed by atoms with Crippen molar-refractivity contribution in [2.24, 2.45) is 11.8 Å². The van der Waals surface area contributed by atoms with Gasteiger partial charge in [0, 0.05) is 11.8 Å². The number of aromatic nitrogens is 1. The molecule has 0 spiro atoms. The number of nitrogens with one attached hydrogen (secondary N) is 1. The molecule has 2 atom stereocenters. The molecule has 0 amide bonds. The van der Waals surface area contributed by atoms with E-state index < -0.39 is 0 Å². The van der Waals surface area contributed by atoms with Gasteiger partial charge in [0.05, 0.1) is 13.2 Å². The molecule has 0 saturated carbocycles. The van der Waals surface area contributed by atoms with Gasteiger partial charge in [-0.05, 0) is 18.4 Å². The highest BCUT2D eigenvalue weighted by Gasteiger charge is 2.21. The lowest BCUT2D eigenvalue weighted by atomic mass is 9.92. The maximum Gasteiger partial charge on any atom is 0.217 e. The molecule has 4 nitrogen and oxygen atoms in total. The summed E-state index contributed by atoms with van der Waals surface area (Å²) in [6.45, 7) is 4.35. The Morgan fingerprint density at radius 2 is 2.31 bits per heavy atom. The fraction of sp³-hybridized carbons (Fsp3) is 0.583. The lowest BCUT2D eigenvalue weighted by Gasteiger charge is -2.24. The number of rotatable bonds is 6. The second kappa shape index (κ2) is 6.45. The van der Waals surface area contributed by atoms with Crippen molar-refractivity contribution in [2.45, 2.75) is 32.7 Å². The quantitative estimate of drug-likeness (QED) is 0.572. The molecule has 1 rings (SSSR count). The first kappa shape index (κ1) is 12.9. The summed E-state index contributed by atoms with van der Waals surface area (Å²) in [6.07, 6.45) is 3.98. The number of hydrogen-bond acceptors (Lipinski definition) is 4. The third kappa shape index (κ3) is 2.93. The Kier molecular flexibility index (Phi) is 5.22. The van der Waals surface area contributed by atoms with Crippen molar-refractivity contribution in [1.82, 2.24) is 10.4 Å². The first-order chi connectivity index (χ1) is 7.74. The Hall–Kier alpha value is -1.13. The van der Waals surface area contributed by atoms with Crippen molar-refractivity contribution in [3.05, 3.63) is 23.9 Å². The molecule has 1 heterocycles. The van der Waals surface area contributed by atoms with Crippen LogP contribution in [0.3, 0.4) is 0 Å². The van der Waals surface area contributed by atoms with Crippen LogP contribution in [-0.2, 0) is 0 Å². The molecular formula is C12H21N3O. The summed E-state index contributed by atoms with van der Waals surface area (Å²) < 4.78 is 5.25. The van der Waals surface area contributed by atoms with Crippen LogP contribution in [-0.4, -0.2) is 12.1 Å². The fourth-order valence-corrected chi connectivity index (χ4v) is 1.99. The number of ether oxygens (including phenoxy) is 1. The van der Waals surface area contributed by atoms with E-state index in [9.17, 15) is 0 Å². The molecule has 3 N–H and O–H groups in total. The molecule has 16 heavy (non-hydrogen) atoms. The van der Waals surface area contributed by atoms with Gasteiger partial charge in [-0.1, -0.05) is 26.3 Å². The Morgan fingerprint density at radius 1 is 1.56 bits per heavy atom. The van der Waals surface area contributed by atoms with Gasteiger partial charge in [0.1, 0.15) is 0 Å². The topological polar surface area (TPSA) is 60.2 Å². The molecule has 0 bridgehead atoms. The average Bonchev–Trinajstić information content (AvgIpc) is 2.31. The van der Waals surface area contributed by atoms with Crippen LogP contribution >= 0.6 is 0 Å². The van der Waals surface area contributed by atoms with Gasteiger partial charge in [0.25, 0.3) is 0 Å². The highest BCUT2D eigenvalue weighted by atomic mass is 16.5. The third-order valence-corrected chi connectivity index (χ3v) is 2.82. The van der Waals surface area contributed by atoms with E-state index in [0.717, 1.165) is 18.4 Å². The third-order valence-electron chi connectivity index (χ3n) is 2.82. The van der Waals surface area contributed by atoms with Gasteiger partial charge in [-0.15, -0.1) is 0 Å². The molecule has 0 fully saturated rings. The zero-order valence-corrected chi connectivity index (χ0v) is 10.2. The number of hydrazine groups is 1. The molecule has 0 aliphatic heterocycles. The van der Waals surface area contributed by atoms with Crippen molar-refractivity contribution in [1.29, 1.82) is 0 Å². The van der Waals surface area contributed by atoms with Crippen LogP contribution in [0.4, 0.5) is 0 Å². The lowest BCUT2D eigenvalue weighted by Crippen LogP contribution is -2.33. The zero-order valence-electron chi connectivity index (χ0n) is 10.2. The van der Waals surface area contributed by atoms with Crippen molar-refractivity contribution in [3.63, 3.8) is 0 Å². The second-order valence-electron chi connectivity index (χ2n) is 4.01. The summed E-state index contributed by atoms with van der Waals surface area (Å²) >= 11 is 0. The van der Waals surface area contributed by atoms with E-state index in [-0.39, 0.29) is 6.04 Å². The van der Waals surface area contributed by atoms with Crippen LogP contribution in [0.2, 0.25) is 0 Å². The summed E-state index contributed by atoms with van der Waals surface area (Å²) in [5, 5.41) is 0. The van der Waals surface area contributed by atoms with E-state index in [1.54, 1.807) is 13.3 Å². The van der Waals surface area contributed by atoms with Crippen LogP contribution in [0, 0.1) is 5.92 Å².